The van der Waals surface area contributed by atoms with Crippen LogP contribution in [0, 0.1) is 24.0 Å². The Morgan fingerprint density at radius 1 is 1.12 bits per heavy atom. The van der Waals surface area contributed by atoms with E-state index in [-0.39, 0.29) is 37.6 Å². The summed E-state index contributed by atoms with van der Waals surface area (Å²) in [5, 5.41) is 15.4. The largest absolute Gasteiger partial charge is 0.403 e. The van der Waals surface area contributed by atoms with Crippen molar-refractivity contribution in [2.45, 2.75) is 49.9 Å². The molecule has 33 heavy (non-hydrogen) atoms. The number of carbonyl (C=O) groups excluding carboxylic acids is 1. The molecular weight excluding hydrogens is 470 g/mol. The molecule has 11 heteroatoms. The maximum absolute atomic E-state index is 13.5. The van der Waals surface area contributed by atoms with E-state index in [2.05, 4.69) is 5.10 Å². The van der Waals surface area contributed by atoms with Gasteiger partial charge in [0.1, 0.15) is 0 Å². The molecule has 9 nitrogen and oxygen atoms in total. The Balaban J connectivity index is 2.19. The lowest BCUT2D eigenvalue weighted by Gasteiger charge is -2.22. The number of ether oxygens (including phenoxy) is 1. The van der Waals surface area contributed by atoms with E-state index >= 15 is 0 Å². The Morgan fingerprint density at radius 3 is 2.27 bits per heavy atom. The molecule has 1 heterocycles. The quantitative estimate of drug-likeness (QED) is 0.283. The number of esters is 1. The van der Waals surface area contributed by atoms with Crippen molar-refractivity contribution in [3.63, 3.8) is 0 Å². The van der Waals surface area contributed by atoms with E-state index in [1.807, 2.05) is 6.92 Å². The van der Waals surface area contributed by atoms with E-state index in [1.165, 1.54) is 29.8 Å². The van der Waals surface area contributed by atoms with Crippen LogP contribution in [0.2, 0.25) is 5.02 Å². The van der Waals surface area contributed by atoms with Gasteiger partial charge in [0.05, 0.1) is 31.6 Å². The minimum Gasteiger partial charge on any atom is -0.403 e. The number of rotatable bonds is 5. The van der Waals surface area contributed by atoms with Crippen LogP contribution in [-0.4, -0.2) is 29.1 Å². The normalized spacial score (nSPS) is 11.9. The lowest BCUT2D eigenvalue weighted by atomic mass is 10.1. The summed E-state index contributed by atoms with van der Waals surface area (Å²) < 4.78 is 33.8. The van der Waals surface area contributed by atoms with Gasteiger partial charge in [-0.05, 0) is 52.8 Å². The molecule has 0 fully saturated rings. The van der Waals surface area contributed by atoms with Gasteiger partial charge in [0.2, 0.25) is 15.7 Å². The number of nitrogens with zero attached hydrogens (tertiary/aromatic N) is 3. The minimum absolute atomic E-state index is 0.00957. The van der Waals surface area contributed by atoms with Gasteiger partial charge in [-0.3, -0.25) is 10.1 Å². The number of halogens is 1. The Kier molecular flexibility index (Phi) is 6.36. The summed E-state index contributed by atoms with van der Waals surface area (Å²) in [5.41, 5.74) is -0.377. The second kappa shape index (κ2) is 8.60. The third-order valence-corrected chi connectivity index (χ3v) is 7.00. The average Bonchev–Trinajstić information content (AvgIpc) is 3.05. The van der Waals surface area contributed by atoms with E-state index in [0.717, 1.165) is 17.7 Å². The van der Waals surface area contributed by atoms with Gasteiger partial charge >= 0.3 is 5.97 Å². The molecule has 0 atom stereocenters. The molecular formula is C22H22ClN3O6S. The zero-order chi connectivity index (χ0) is 24.7. The summed E-state index contributed by atoms with van der Waals surface area (Å²) in [6, 6.07) is 9.56. The van der Waals surface area contributed by atoms with Crippen molar-refractivity contribution in [2.75, 3.05) is 0 Å². The standard InChI is InChI=1S/C22H22ClN3O6S/c1-13-6-9-16(10-7-13)33(30,31)19-14(2)24-25(22(3,4)5)20(19)32-21(27)17-12-15(26(28)29)8-11-18(17)23/h6-12H,1-5H3. The van der Waals surface area contributed by atoms with Gasteiger partial charge in [-0.2, -0.15) is 5.10 Å². The fourth-order valence-corrected chi connectivity index (χ4v) is 4.82. The highest BCUT2D eigenvalue weighted by molar-refractivity contribution is 7.91. The molecule has 2 aromatic carbocycles. The van der Waals surface area contributed by atoms with Gasteiger partial charge in [0, 0.05) is 12.1 Å². The second-order valence-electron chi connectivity index (χ2n) is 8.43. The first-order chi connectivity index (χ1) is 15.2. The number of aryl methyl sites for hydroxylation is 2. The van der Waals surface area contributed by atoms with Gasteiger partial charge in [-0.1, -0.05) is 29.3 Å². The van der Waals surface area contributed by atoms with Crippen molar-refractivity contribution in [3.8, 4) is 5.88 Å². The van der Waals surface area contributed by atoms with Crippen molar-refractivity contribution in [3.05, 3.63) is 74.4 Å². The fourth-order valence-electron chi connectivity index (χ4n) is 3.11. The number of nitro benzene ring substituents is 1. The molecule has 0 saturated carbocycles. The number of nitro groups is 1. The van der Waals surface area contributed by atoms with Crippen LogP contribution in [0.1, 0.15) is 42.4 Å². The smallest absolute Gasteiger partial charge is 0.346 e. The SMILES string of the molecule is Cc1ccc(S(=O)(=O)c2c(C)nn(C(C)(C)C)c2OC(=O)c2cc([N+](=O)[O-])ccc2Cl)cc1. The number of benzene rings is 2. The summed E-state index contributed by atoms with van der Waals surface area (Å²) in [6.45, 7) is 8.62. The van der Waals surface area contributed by atoms with E-state index in [0.29, 0.717) is 0 Å². The summed E-state index contributed by atoms with van der Waals surface area (Å²) in [7, 11) is -4.12. The van der Waals surface area contributed by atoms with Crippen LogP contribution in [-0.2, 0) is 15.4 Å². The molecule has 0 aliphatic carbocycles. The van der Waals surface area contributed by atoms with Crippen molar-refractivity contribution >= 4 is 33.1 Å². The highest BCUT2D eigenvalue weighted by Gasteiger charge is 2.35. The van der Waals surface area contributed by atoms with E-state index in [1.54, 1.807) is 32.9 Å². The number of hydrogen-bond donors (Lipinski definition) is 0. The summed E-state index contributed by atoms with van der Waals surface area (Å²) in [5.74, 6) is -1.34. The first-order valence-corrected chi connectivity index (χ1v) is 11.7. The first kappa shape index (κ1) is 24.4. The van der Waals surface area contributed by atoms with E-state index in [4.69, 9.17) is 16.3 Å². The predicted molar refractivity (Wildman–Crippen MR) is 122 cm³/mol. The molecule has 0 aliphatic rings. The molecule has 0 amide bonds. The maximum atomic E-state index is 13.5. The van der Waals surface area contributed by atoms with Gasteiger partial charge in [-0.25, -0.2) is 17.9 Å². The molecule has 0 saturated heterocycles. The van der Waals surface area contributed by atoms with Gasteiger partial charge in [-0.15, -0.1) is 0 Å². The Bertz CT molecular complexity index is 1360. The molecule has 0 N–H and O–H groups in total. The third kappa shape index (κ3) is 4.76. The molecule has 0 spiro atoms. The average molecular weight is 492 g/mol. The van der Waals surface area contributed by atoms with Crippen molar-refractivity contribution in [1.82, 2.24) is 9.78 Å². The van der Waals surface area contributed by atoms with E-state index in [9.17, 15) is 23.3 Å². The summed E-state index contributed by atoms with van der Waals surface area (Å²) in [6.07, 6.45) is 0. The van der Waals surface area contributed by atoms with Crippen LogP contribution < -0.4 is 4.74 Å². The van der Waals surface area contributed by atoms with Crippen LogP contribution >= 0.6 is 11.6 Å². The molecule has 0 unspecified atom stereocenters. The minimum atomic E-state index is -4.12. The van der Waals surface area contributed by atoms with Crippen LogP contribution in [0.25, 0.3) is 0 Å². The van der Waals surface area contributed by atoms with E-state index < -0.39 is 26.3 Å². The topological polar surface area (TPSA) is 121 Å². The fraction of sp³-hybridized carbons (Fsp3) is 0.273. The number of sulfone groups is 1. The highest BCUT2D eigenvalue weighted by atomic mass is 35.5. The van der Waals surface area contributed by atoms with Crippen LogP contribution in [0.15, 0.2) is 52.3 Å². The number of hydrogen-bond acceptors (Lipinski definition) is 7. The predicted octanol–water partition coefficient (Wildman–Crippen LogP) is 4.87. The van der Waals surface area contributed by atoms with Crippen molar-refractivity contribution < 1.29 is 22.9 Å². The van der Waals surface area contributed by atoms with Crippen LogP contribution in [0.4, 0.5) is 5.69 Å². The molecule has 3 aromatic rings. The number of non-ortho nitro benzene ring substituents is 1. The first-order valence-electron chi connectivity index (χ1n) is 9.81. The monoisotopic (exact) mass is 491 g/mol. The number of carbonyl (C=O) groups is 1. The Morgan fingerprint density at radius 2 is 1.73 bits per heavy atom. The number of aromatic nitrogens is 2. The molecule has 1 aromatic heterocycles. The Hall–Kier alpha value is -3.24. The maximum Gasteiger partial charge on any atom is 0.346 e. The highest BCUT2D eigenvalue weighted by Crippen LogP contribution is 2.37. The second-order valence-corrected chi connectivity index (χ2v) is 10.7. The van der Waals surface area contributed by atoms with Gasteiger partial charge < -0.3 is 4.74 Å². The molecule has 0 radical (unpaired) electrons. The van der Waals surface area contributed by atoms with Crippen molar-refractivity contribution in [2.24, 2.45) is 0 Å². The van der Waals surface area contributed by atoms with Gasteiger partial charge in [0.25, 0.3) is 5.69 Å². The van der Waals surface area contributed by atoms with Crippen molar-refractivity contribution in [1.29, 1.82) is 0 Å². The molecule has 3 rings (SSSR count). The molecule has 0 bridgehead atoms. The van der Waals surface area contributed by atoms with Gasteiger partial charge in [0.15, 0.2) is 4.90 Å². The summed E-state index contributed by atoms with van der Waals surface area (Å²) in [4.78, 5) is 23.2. The van der Waals surface area contributed by atoms with Crippen LogP contribution in [0.3, 0.4) is 0 Å². The third-order valence-electron chi connectivity index (χ3n) is 4.77. The Labute approximate surface area is 196 Å². The molecule has 174 valence electrons. The van der Waals surface area contributed by atoms with Crippen LogP contribution in [0.5, 0.6) is 5.88 Å². The lowest BCUT2D eigenvalue weighted by Crippen LogP contribution is -2.26. The zero-order valence-electron chi connectivity index (χ0n) is 18.6. The summed E-state index contributed by atoms with van der Waals surface area (Å²) >= 11 is 6.07. The zero-order valence-corrected chi connectivity index (χ0v) is 20.2. The molecule has 0 aliphatic heterocycles. The lowest BCUT2D eigenvalue weighted by molar-refractivity contribution is -0.384.